The zero-order valence-corrected chi connectivity index (χ0v) is 10.2. The molecule has 2 N–H and O–H groups in total. The van der Waals surface area contributed by atoms with Crippen LogP contribution in [0.15, 0.2) is 18.2 Å². The van der Waals surface area contributed by atoms with Crippen LogP contribution in [0.3, 0.4) is 0 Å². The Kier molecular flexibility index (Phi) is 3.22. The minimum atomic E-state index is -0.312. The van der Waals surface area contributed by atoms with Crippen molar-refractivity contribution in [1.29, 1.82) is 0 Å². The van der Waals surface area contributed by atoms with E-state index in [9.17, 15) is 4.39 Å². The lowest BCUT2D eigenvalue weighted by molar-refractivity contribution is 0.411. The first-order valence-corrected chi connectivity index (χ1v) is 6.10. The summed E-state index contributed by atoms with van der Waals surface area (Å²) < 4.78 is 13.7. The van der Waals surface area contributed by atoms with Crippen molar-refractivity contribution in [3.05, 3.63) is 34.6 Å². The van der Waals surface area contributed by atoms with Gasteiger partial charge in [-0.15, -0.1) is 0 Å². The highest BCUT2D eigenvalue weighted by Gasteiger charge is 2.34. The molecule has 1 fully saturated rings. The molecule has 1 saturated carbocycles. The summed E-state index contributed by atoms with van der Waals surface area (Å²) in [5.41, 5.74) is 6.69. The Morgan fingerprint density at radius 2 is 2.31 bits per heavy atom. The molecule has 1 nitrogen and oxygen atoms in total. The highest BCUT2D eigenvalue weighted by molar-refractivity contribution is 6.30. The average Bonchev–Trinajstić information content (AvgIpc) is 2.54. The number of nitrogens with two attached hydrogens (primary N) is 1. The fourth-order valence-electron chi connectivity index (χ4n) is 2.66. The molecule has 2 unspecified atom stereocenters. The lowest BCUT2D eigenvalue weighted by atomic mass is 9.89. The molecule has 3 heteroatoms. The molecule has 0 radical (unpaired) electrons. The van der Waals surface area contributed by atoms with Crippen molar-refractivity contribution in [2.75, 3.05) is 0 Å². The molecule has 0 spiro atoms. The third kappa shape index (κ3) is 2.38. The molecule has 0 saturated heterocycles. The molecule has 1 aliphatic rings. The van der Waals surface area contributed by atoms with Crippen molar-refractivity contribution in [2.45, 2.75) is 38.1 Å². The van der Waals surface area contributed by atoms with Crippen molar-refractivity contribution < 1.29 is 4.39 Å². The lowest BCUT2D eigenvalue weighted by Gasteiger charge is -2.24. The van der Waals surface area contributed by atoms with E-state index < -0.39 is 0 Å². The molecule has 88 valence electrons. The van der Waals surface area contributed by atoms with Gasteiger partial charge in [0.2, 0.25) is 0 Å². The number of rotatable bonds is 2. The van der Waals surface area contributed by atoms with Gasteiger partial charge in [0.05, 0.1) is 5.02 Å². The highest BCUT2D eigenvalue weighted by Crippen LogP contribution is 2.35. The molecule has 1 aromatic rings. The van der Waals surface area contributed by atoms with Gasteiger partial charge in [-0.1, -0.05) is 30.7 Å². The molecule has 0 aromatic heterocycles. The second kappa shape index (κ2) is 4.34. The maximum absolute atomic E-state index is 13.7. The smallest absolute Gasteiger partial charge is 0.145 e. The molecular weight excluding hydrogens is 225 g/mol. The molecule has 2 atom stereocenters. The quantitative estimate of drug-likeness (QED) is 0.842. The highest BCUT2D eigenvalue weighted by atomic mass is 35.5. The van der Waals surface area contributed by atoms with Gasteiger partial charge in [0, 0.05) is 5.54 Å². The zero-order chi connectivity index (χ0) is 11.8. The van der Waals surface area contributed by atoms with Gasteiger partial charge in [0.1, 0.15) is 5.82 Å². The van der Waals surface area contributed by atoms with E-state index in [0.29, 0.717) is 17.9 Å². The van der Waals surface area contributed by atoms with Crippen LogP contribution in [-0.4, -0.2) is 5.54 Å². The second-order valence-electron chi connectivity index (χ2n) is 5.10. The van der Waals surface area contributed by atoms with E-state index in [1.807, 2.05) is 0 Å². The summed E-state index contributed by atoms with van der Waals surface area (Å²) in [4.78, 5) is 0. The number of hydrogen-bond acceptors (Lipinski definition) is 1. The van der Waals surface area contributed by atoms with E-state index in [1.165, 1.54) is 0 Å². The maximum atomic E-state index is 13.7. The largest absolute Gasteiger partial charge is 0.325 e. The van der Waals surface area contributed by atoms with E-state index in [2.05, 4.69) is 6.92 Å². The Labute approximate surface area is 101 Å². The van der Waals surface area contributed by atoms with Gasteiger partial charge in [-0.25, -0.2) is 4.39 Å². The SMILES string of the molecule is CC1CCC(N)(Cc2cccc(Cl)c2F)C1. The van der Waals surface area contributed by atoms with Gasteiger partial charge in [-0.3, -0.25) is 0 Å². The predicted octanol–water partition coefficient (Wildman–Crippen LogP) is 3.54. The van der Waals surface area contributed by atoms with Crippen molar-refractivity contribution in [2.24, 2.45) is 11.7 Å². The van der Waals surface area contributed by atoms with Crippen LogP contribution in [0.1, 0.15) is 31.7 Å². The summed E-state index contributed by atoms with van der Waals surface area (Å²) in [6.45, 7) is 2.20. The Bertz CT molecular complexity index is 394. The fraction of sp³-hybridized carbons (Fsp3) is 0.538. The molecule has 1 aromatic carbocycles. The standard InChI is InChI=1S/C13H17ClFN/c1-9-5-6-13(16,7-9)8-10-3-2-4-11(14)12(10)15/h2-4,9H,5-8,16H2,1H3. The Hall–Kier alpha value is -0.600. The number of hydrogen-bond donors (Lipinski definition) is 1. The Morgan fingerprint density at radius 1 is 1.56 bits per heavy atom. The van der Waals surface area contributed by atoms with Gasteiger partial charge in [0.15, 0.2) is 0 Å². The maximum Gasteiger partial charge on any atom is 0.145 e. The molecule has 2 rings (SSSR count). The summed E-state index contributed by atoms with van der Waals surface area (Å²) in [5, 5.41) is 0.187. The van der Waals surface area contributed by atoms with Gasteiger partial charge < -0.3 is 5.73 Å². The first-order valence-electron chi connectivity index (χ1n) is 5.72. The first-order chi connectivity index (χ1) is 7.50. The van der Waals surface area contributed by atoms with E-state index in [0.717, 1.165) is 19.3 Å². The zero-order valence-electron chi connectivity index (χ0n) is 9.47. The van der Waals surface area contributed by atoms with Gasteiger partial charge in [0.25, 0.3) is 0 Å². The second-order valence-corrected chi connectivity index (χ2v) is 5.51. The van der Waals surface area contributed by atoms with E-state index in [4.69, 9.17) is 17.3 Å². The number of halogens is 2. The van der Waals surface area contributed by atoms with Crippen LogP contribution in [0.25, 0.3) is 0 Å². The van der Waals surface area contributed by atoms with Gasteiger partial charge in [-0.2, -0.15) is 0 Å². The fourth-order valence-corrected chi connectivity index (χ4v) is 2.85. The summed E-state index contributed by atoms with van der Waals surface area (Å²) in [7, 11) is 0. The lowest BCUT2D eigenvalue weighted by Crippen LogP contribution is -2.39. The predicted molar refractivity (Wildman–Crippen MR) is 65.0 cm³/mol. The average molecular weight is 242 g/mol. The molecule has 0 heterocycles. The normalized spacial score (nSPS) is 29.6. The Morgan fingerprint density at radius 3 is 2.94 bits per heavy atom. The monoisotopic (exact) mass is 241 g/mol. The summed E-state index contributed by atoms with van der Waals surface area (Å²) in [5.74, 6) is 0.334. The number of benzene rings is 1. The van der Waals surface area contributed by atoms with E-state index in [1.54, 1.807) is 18.2 Å². The molecule has 0 bridgehead atoms. The third-order valence-corrected chi connectivity index (χ3v) is 3.76. The molecular formula is C13H17ClFN. The molecule has 0 aliphatic heterocycles. The molecule has 16 heavy (non-hydrogen) atoms. The van der Waals surface area contributed by atoms with Crippen LogP contribution in [-0.2, 0) is 6.42 Å². The molecule has 0 amide bonds. The van der Waals surface area contributed by atoms with E-state index >= 15 is 0 Å². The van der Waals surface area contributed by atoms with E-state index in [-0.39, 0.29) is 16.4 Å². The van der Waals surface area contributed by atoms with Crippen LogP contribution in [0.4, 0.5) is 4.39 Å². The van der Waals surface area contributed by atoms with Crippen molar-refractivity contribution in [3.8, 4) is 0 Å². The summed E-state index contributed by atoms with van der Waals surface area (Å²) in [6, 6.07) is 5.13. The van der Waals surface area contributed by atoms with Crippen LogP contribution in [0, 0.1) is 11.7 Å². The van der Waals surface area contributed by atoms with Crippen molar-refractivity contribution >= 4 is 11.6 Å². The van der Waals surface area contributed by atoms with Crippen LogP contribution in [0.2, 0.25) is 5.02 Å². The minimum absolute atomic E-state index is 0.187. The van der Waals surface area contributed by atoms with Crippen LogP contribution < -0.4 is 5.73 Å². The Balaban J connectivity index is 2.18. The summed E-state index contributed by atoms with van der Waals surface area (Å²) >= 11 is 5.76. The third-order valence-electron chi connectivity index (χ3n) is 3.46. The summed E-state index contributed by atoms with van der Waals surface area (Å²) in [6.07, 6.45) is 3.67. The topological polar surface area (TPSA) is 26.0 Å². The minimum Gasteiger partial charge on any atom is -0.325 e. The van der Waals surface area contributed by atoms with Crippen LogP contribution in [0.5, 0.6) is 0 Å². The van der Waals surface area contributed by atoms with Crippen molar-refractivity contribution in [1.82, 2.24) is 0 Å². The van der Waals surface area contributed by atoms with Crippen molar-refractivity contribution in [3.63, 3.8) is 0 Å². The first kappa shape index (κ1) is 11.9. The van der Waals surface area contributed by atoms with Gasteiger partial charge in [-0.05, 0) is 43.2 Å². The van der Waals surface area contributed by atoms with Gasteiger partial charge >= 0.3 is 0 Å². The van der Waals surface area contributed by atoms with Crippen LogP contribution >= 0.6 is 11.6 Å². The molecule has 1 aliphatic carbocycles.